The Morgan fingerprint density at radius 1 is 1.21 bits per heavy atom. The van der Waals surface area contributed by atoms with Gasteiger partial charge in [0.05, 0.1) is 12.0 Å². The number of carboxylic acids is 1. The molecule has 0 saturated carbocycles. The van der Waals surface area contributed by atoms with Crippen LogP contribution in [-0.2, 0) is 16.0 Å². The predicted octanol–water partition coefficient (Wildman–Crippen LogP) is 3.60. The summed E-state index contributed by atoms with van der Waals surface area (Å²) in [6, 6.07) is 14.6. The summed E-state index contributed by atoms with van der Waals surface area (Å²) in [7, 11) is 1.62. The van der Waals surface area contributed by atoms with Crippen LogP contribution in [0.4, 0.5) is 0 Å². The van der Waals surface area contributed by atoms with E-state index in [0.29, 0.717) is 27.9 Å². The maximum absolute atomic E-state index is 12.8. The van der Waals surface area contributed by atoms with Gasteiger partial charge in [-0.3, -0.25) is 9.69 Å². The Hall–Kier alpha value is -2.84. The molecule has 6 nitrogen and oxygen atoms in total. The largest absolute Gasteiger partial charge is 0.497 e. The highest BCUT2D eigenvalue weighted by Gasteiger charge is 2.31. The Labute approximate surface area is 178 Å². The smallest absolute Gasteiger partial charge is 0.341 e. The van der Waals surface area contributed by atoms with Crippen LogP contribution in [0.3, 0.4) is 0 Å². The van der Waals surface area contributed by atoms with Crippen molar-refractivity contribution in [1.29, 1.82) is 0 Å². The van der Waals surface area contributed by atoms with Crippen molar-refractivity contribution in [2.24, 2.45) is 0 Å². The number of thiocarbonyl (C=S) groups is 1. The second-order valence-electron chi connectivity index (χ2n) is 6.19. The number of rotatable bonds is 8. The second-order valence-corrected chi connectivity index (χ2v) is 7.86. The van der Waals surface area contributed by atoms with Crippen molar-refractivity contribution in [3.63, 3.8) is 0 Å². The van der Waals surface area contributed by atoms with Crippen LogP contribution in [0.1, 0.15) is 11.1 Å². The molecule has 3 rings (SSSR count). The number of carbonyl (C=O) groups is 2. The lowest BCUT2D eigenvalue weighted by atomic mass is 10.1. The molecule has 0 unspecified atom stereocenters. The number of carbonyl (C=O) groups excluding carboxylic acids is 1. The lowest BCUT2D eigenvalue weighted by Crippen LogP contribution is -2.30. The quantitative estimate of drug-likeness (QED) is 0.507. The number of aliphatic carboxylic acids is 1. The lowest BCUT2D eigenvalue weighted by Gasteiger charge is -2.14. The van der Waals surface area contributed by atoms with Gasteiger partial charge in [-0.2, -0.15) is 0 Å². The van der Waals surface area contributed by atoms with Crippen LogP contribution in [0.15, 0.2) is 53.4 Å². The first kappa shape index (κ1) is 20.9. The van der Waals surface area contributed by atoms with E-state index in [1.54, 1.807) is 36.3 Å². The van der Waals surface area contributed by atoms with Gasteiger partial charge < -0.3 is 14.6 Å². The van der Waals surface area contributed by atoms with Gasteiger partial charge in [0.1, 0.15) is 15.8 Å². The van der Waals surface area contributed by atoms with Crippen molar-refractivity contribution in [2.75, 3.05) is 20.3 Å². The van der Waals surface area contributed by atoms with Gasteiger partial charge >= 0.3 is 5.97 Å². The van der Waals surface area contributed by atoms with Gasteiger partial charge in [0, 0.05) is 6.54 Å². The number of hydrogen-bond acceptors (Lipinski definition) is 6. The molecule has 1 N–H and O–H groups in total. The number of benzene rings is 2. The minimum atomic E-state index is -1.05. The van der Waals surface area contributed by atoms with Gasteiger partial charge in [-0.1, -0.05) is 48.2 Å². The number of ether oxygens (including phenoxy) is 2. The maximum atomic E-state index is 12.8. The monoisotopic (exact) mass is 429 g/mol. The Bertz CT molecular complexity index is 956. The van der Waals surface area contributed by atoms with Gasteiger partial charge in [0.25, 0.3) is 5.91 Å². The summed E-state index contributed by atoms with van der Waals surface area (Å²) in [6.45, 7) is 0.0764. The number of hydrogen-bond donors (Lipinski definition) is 1. The van der Waals surface area contributed by atoms with E-state index in [0.717, 1.165) is 16.9 Å². The van der Waals surface area contributed by atoms with Crippen LogP contribution >= 0.6 is 24.0 Å². The first-order valence-corrected chi connectivity index (χ1v) is 10.0. The van der Waals surface area contributed by atoms with Crippen molar-refractivity contribution in [2.45, 2.75) is 6.42 Å². The summed E-state index contributed by atoms with van der Waals surface area (Å²) >= 11 is 6.64. The summed E-state index contributed by atoms with van der Waals surface area (Å²) in [5.74, 6) is 0.0338. The Kier molecular flexibility index (Phi) is 6.90. The van der Waals surface area contributed by atoms with Crippen LogP contribution in [0.25, 0.3) is 6.08 Å². The third-order valence-electron chi connectivity index (χ3n) is 4.17. The van der Waals surface area contributed by atoms with Crippen LogP contribution in [0, 0.1) is 0 Å². The molecule has 29 heavy (non-hydrogen) atoms. The molecule has 0 bridgehead atoms. The van der Waals surface area contributed by atoms with Crippen molar-refractivity contribution in [3.05, 3.63) is 64.6 Å². The van der Waals surface area contributed by atoms with Gasteiger partial charge in [-0.25, -0.2) is 4.79 Å². The molecule has 1 aliphatic heterocycles. The molecule has 0 aliphatic carbocycles. The van der Waals surface area contributed by atoms with Crippen LogP contribution in [-0.4, -0.2) is 46.5 Å². The minimum absolute atomic E-state index is 0.134. The standard InChI is InChI=1S/C21H19NO5S2/c1-26-16-7-5-14(6-8-16)9-10-22-20(25)18(29-21(22)28)12-15-3-2-4-17(11-15)27-13-19(23)24/h2-8,11-12H,9-10,13H2,1H3,(H,23,24)/b18-12+. The molecular weight excluding hydrogens is 410 g/mol. The molecule has 150 valence electrons. The summed E-state index contributed by atoms with van der Waals surface area (Å²) < 4.78 is 10.9. The van der Waals surface area contributed by atoms with Gasteiger partial charge in [0.2, 0.25) is 0 Å². The summed E-state index contributed by atoms with van der Waals surface area (Å²) in [5.41, 5.74) is 1.83. The minimum Gasteiger partial charge on any atom is -0.497 e. The fourth-order valence-electron chi connectivity index (χ4n) is 2.72. The van der Waals surface area contributed by atoms with Crippen molar-refractivity contribution < 1.29 is 24.2 Å². The van der Waals surface area contributed by atoms with Gasteiger partial charge in [0.15, 0.2) is 6.61 Å². The topological polar surface area (TPSA) is 76.1 Å². The zero-order valence-electron chi connectivity index (χ0n) is 15.7. The molecule has 0 radical (unpaired) electrons. The molecule has 8 heteroatoms. The zero-order chi connectivity index (χ0) is 20.8. The van der Waals surface area contributed by atoms with Crippen molar-refractivity contribution >= 4 is 46.3 Å². The Morgan fingerprint density at radius 3 is 2.66 bits per heavy atom. The van der Waals surface area contributed by atoms with E-state index in [4.69, 9.17) is 26.8 Å². The molecule has 1 fully saturated rings. The molecular formula is C21H19NO5S2. The fraction of sp³-hybridized carbons (Fsp3) is 0.190. The van der Waals surface area contributed by atoms with Gasteiger partial charge in [-0.15, -0.1) is 0 Å². The molecule has 0 spiro atoms. The molecule has 2 aromatic carbocycles. The van der Waals surface area contributed by atoms with E-state index in [1.807, 2.05) is 30.3 Å². The lowest BCUT2D eigenvalue weighted by molar-refractivity contribution is -0.139. The van der Waals surface area contributed by atoms with Gasteiger partial charge in [-0.05, 0) is 47.9 Å². The molecule has 1 saturated heterocycles. The second kappa shape index (κ2) is 9.58. The number of nitrogens with zero attached hydrogens (tertiary/aromatic N) is 1. The number of amides is 1. The number of carboxylic acid groups (broad SMARTS) is 1. The zero-order valence-corrected chi connectivity index (χ0v) is 17.3. The summed E-state index contributed by atoms with van der Waals surface area (Å²) in [5, 5.41) is 8.71. The molecule has 1 heterocycles. The van der Waals surface area contributed by atoms with Crippen molar-refractivity contribution in [3.8, 4) is 11.5 Å². The van der Waals surface area contributed by atoms with Crippen LogP contribution in [0.5, 0.6) is 11.5 Å². The van der Waals surface area contributed by atoms with Crippen molar-refractivity contribution in [1.82, 2.24) is 4.90 Å². The Morgan fingerprint density at radius 2 is 1.97 bits per heavy atom. The normalized spacial score (nSPS) is 15.1. The maximum Gasteiger partial charge on any atom is 0.341 e. The molecule has 0 atom stereocenters. The highest BCUT2D eigenvalue weighted by Crippen LogP contribution is 2.33. The molecule has 2 aromatic rings. The predicted molar refractivity (Wildman–Crippen MR) is 116 cm³/mol. The highest BCUT2D eigenvalue weighted by atomic mass is 32.2. The first-order chi connectivity index (χ1) is 14.0. The van der Waals surface area contributed by atoms with Crippen LogP contribution in [0.2, 0.25) is 0 Å². The van der Waals surface area contributed by atoms with E-state index < -0.39 is 12.6 Å². The summed E-state index contributed by atoms with van der Waals surface area (Å²) in [6.07, 6.45) is 2.42. The van der Waals surface area contributed by atoms with Crippen LogP contribution < -0.4 is 9.47 Å². The fourth-order valence-corrected chi connectivity index (χ4v) is 4.03. The third kappa shape index (κ3) is 5.58. The average molecular weight is 430 g/mol. The van der Waals surface area contributed by atoms with E-state index >= 15 is 0 Å². The first-order valence-electron chi connectivity index (χ1n) is 8.79. The molecule has 0 aromatic heterocycles. The van der Waals surface area contributed by atoms with E-state index in [9.17, 15) is 9.59 Å². The average Bonchev–Trinajstić information content (AvgIpc) is 2.98. The van der Waals surface area contributed by atoms with E-state index in [1.165, 1.54) is 11.8 Å². The Balaban J connectivity index is 1.66. The SMILES string of the molecule is COc1ccc(CCN2C(=O)/C(=C\c3cccc(OCC(=O)O)c3)SC2=S)cc1. The molecule has 1 amide bonds. The third-order valence-corrected chi connectivity index (χ3v) is 5.55. The highest BCUT2D eigenvalue weighted by molar-refractivity contribution is 8.26. The number of thioether (sulfide) groups is 1. The van der Waals surface area contributed by atoms with E-state index in [2.05, 4.69) is 0 Å². The molecule has 1 aliphatic rings. The summed E-state index contributed by atoms with van der Waals surface area (Å²) in [4.78, 5) is 25.5. The number of methoxy groups -OCH3 is 1. The van der Waals surface area contributed by atoms with E-state index in [-0.39, 0.29) is 5.91 Å².